The van der Waals surface area contributed by atoms with E-state index in [4.69, 9.17) is 5.53 Å². The number of azide groups is 1. The van der Waals surface area contributed by atoms with Gasteiger partial charge in [-0.05, 0) is 122 Å². The lowest BCUT2D eigenvalue weighted by Crippen LogP contribution is -2.58. The van der Waals surface area contributed by atoms with Gasteiger partial charge in [0.05, 0.1) is 18.9 Å². The average Bonchev–Trinajstić information content (AvgIpc) is 3.17. The van der Waals surface area contributed by atoms with Crippen LogP contribution in [-0.4, -0.2) is 35.0 Å². The fourth-order valence-electron chi connectivity index (χ4n) is 9.11. The van der Waals surface area contributed by atoms with E-state index in [0.717, 1.165) is 38.5 Å². The second kappa shape index (κ2) is 10.2. The van der Waals surface area contributed by atoms with Crippen LogP contribution >= 0.6 is 0 Å². The van der Waals surface area contributed by atoms with Crippen LogP contribution in [0.4, 0.5) is 0 Å². The highest BCUT2D eigenvalue weighted by molar-refractivity contribution is 5.87. The second-order valence-electron chi connectivity index (χ2n) is 12.3. The van der Waals surface area contributed by atoms with Gasteiger partial charge in [0.1, 0.15) is 0 Å². The Bertz CT molecular complexity index is 827. The zero-order valence-electron chi connectivity index (χ0n) is 21.2. The van der Waals surface area contributed by atoms with Crippen molar-refractivity contribution >= 4 is 5.91 Å². The molecule has 4 aliphatic carbocycles. The van der Waals surface area contributed by atoms with Crippen molar-refractivity contribution in [2.24, 2.45) is 51.5 Å². The van der Waals surface area contributed by atoms with Crippen LogP contribution in [0.25, 0.3) is 10.4 Å². The van der Waals surface area contributed by atoms with Gasteiger partial charge in [-0.2, -0.15) is 0 Å². The Kier molecular flexibility index (Phi) is 7.66. The van der Waals surface area contributed by atoms with E-state index in [9.17, 15) is 15.0 Å². The van der Waals surface area contributed by atoms with Gasteiger partial charge in [-0.25, -0.2) is 0 Å². The summed E-state index contributed by atoms with van der Waals surface area (Å²) in [5, 5.41) is 27.8. The van der Waals surface area contributed by atoms with Gasteiger partial charge in [-0.15, -0.1) is 0 Å². The van der Waals surface area contributed by atoms with Gasteiger partial charge in [-0.1, -0.05) is 32.0 Å². The third kappa shape index (κ3) is 4.52. The van der Waals surface area contributed by atoms with Crippen molar-refractivity contribution in [3.8, 4) is 0 Å². The Morgan fingerprint density at radius 3 is 2.74 bits per heavy atom. The van der Waals surface area contributed by atoms with E-state index in [-0.39, 0.29) is 35.6 Å². The van der Waals surface area contributed by atoms with Gasteiger partial charge < -0.3 is 15.5 Å². The summed E-state index contributed by atoms with van der Waals surface area (Å²) in [5.41, 5.74) is 8.54. The van der Waals surface area contributed by atoms with Crippen molar-refractivity contribution in [3.63, 3.8) is 0 Å². The maximum atomic E-state index is 11.8. The smallest absolute Gasteiger partial charge is 0.243 e. The van der Waals surface area contributed by atoms with Crippen LogP contribution in [0.5, 0.6) is 0 Å². The van der Waals surface area contributed by atoms with E-state index in [1.807, 2.05) is 6.08 Å². The van der Waals surface area contributed by atoms with E-state index < -0.39 is 0 Å². The SMILES string of the molecule is CC(CC/C=C/C(=O)NCN=[N+]=[N-])C1CCC2C3CCC4CC(O)CCC4(C)C3CC(O)C12C. The van der Waals surface area contributed by atoms with Crippen LogP contribution in [0.1, 0.15) is 85.0 Å². The number of nitrogens with zero attached hydrogens (tertiary/aromatic N) is 3. The predicted octanol–water partition coefficient (Wildman–Crippen LogP) is 5.33. The van der Waals surface area contributed by atoms with Gasteiger partial charge in [0.2, 0.25) is 5.91 Å². The Labute approximate surface area is 204 Å². The molecule has 1 amide bonds. The molecule has 4 fully saturated rings. The van der Waals surface area contributed by atoms with E-state index in [0.29, 0.717) is 35.5 Å². The van der Waals surface area contributed by atoms with Gasteiger partial charge in [0.25, 0.3) is 0 Å². The first-order valence-corrected chi connectivity index (χ1v) is 13.5. The lowest BCUT2D eigenvalue weighted by Gasteiger charge is -2.62. The number of aliphatic hydroxyl groups excluding tert-OH is 2. The maximum absolute atomic E-state index is 11.8. The molecular formula is C27H44N4O3. The van der Waals surface area contributed by atoms with Crippen LogP contribution in [0.15, 0.2) is 17.3 Å². The Morgan fingerprint density at radius 2 is 1.97 bits per heavy atom. The van der Waals surface area contributed by atoms with Crippen LogP contribution < -0.4 is 5.32 Å². The molecule has 4 rings (SSSR count). The second-order valence-corrected chi connectivity index (χ2v) is 12.3. The third-order valence-electron chi connectivity index (χ3n) is 10.9. The predicted molar refractivity (Wildman–Crippen MR) is 132 cm³/mol. The van der Waals surface area contributed by atoms with Crippen molar-refractivity contribution in [2.45, 2.75) is 97.2 Å². The normalized spacial score (nSPS) is 44.4. The van der Waals surface area contributed by atoms with Crippen LogP contribution in [0.2, 0.25) is 0 Å². The lowest BCUT2D eigenvalue weighted by molar-refractivity contribution is -0.174. The average molecular weight is 473 g/mol. The fourth-order valence-corrected chi connectivity index (χ4v) is 9.11. The summed E-state index contributed by atoms with van der Waals surface area (Å²) >= 11 is 0. The minimum Gasteiger partial charge on any atom is -0.393 e. The van der Waals surface area contributed by atoms with E-state index in [1.54, 1.807) is 0 Å². The number of rotatable bonds is 7. The van der Waals surface area contributed by atoms with E-state index >= 15 is 0 Å². The number of nitrogens with one attached hydrogen (secondary N) is 1. The van der Waals surface area contributed by atoms with E-state index in [1.165, 1.54) is 31.8 Å². The maximum Gasteiger partial charge on any atom is 0.243 e. The molecule has 4 saturated carbocycles. The first-order valence-electron chi connectivity index (χ1n) is 13.5. The Hall–Kier alpha value is -1.56. The zero-order valence-corrected chi connectivity index (χ0v) is 21.2. The molecule has 190 valence electrons. The van der Waals surface area contributed by atoms with Crippen LogP contribution in [-0.2, 0) is 4.79 Å². The summed E-state index contributed by atoms with van der Waals surface area (Å²) in [5.74, 6) is 3.28. The molecule has 0 aliphatic heterocycles. The number of aliphatic hydroxyl groups is 2. The Balaban J connectivity index is 1.39. The highest BCUT2D eigenvalue weighted by Crippen LogP contribution is 2.68. The molecule has 34 heavy (non-hydrogen) atoms. The summed E-state index contributed by atoms with van der Waals surface area (Å²) in [6.07, 6.45) is 13.7. The first-order chi connectivity index (χ1) is 16.2. The van der Waals surface area contributed by atoms with Gasteiger partial charge in [-0.3, -0.25) is 4.79 Å². The Morgan fingerprint density at radius 1 is 1.18 bits per heavy atom. The molecule has 0 spiro atoms. The number of hydrogen-bond donors (Lipinski definition) is 3. The van der Waals surface area contributed by atoms with Gasteiger partial charge in [0, 0.05) is 4.91 Å². The molecule has 10 unspecified atom stereocenters. The minimum atomic E-state index is -0.252. The largest absolute Gasteiger partial charge is 0.393 e. The molecular weight excluding hydrogens is 428 g/mol. The molecule has 0 heterocycles. The monoisotopic (exact) mass is 472 g/mol. The molecule has 10 atom stereocenters. The topological polar surface area (TPSA) is 118 Å². The summed E-state index contributed by atoms with van der Waals surface area (Å²) in [6, 6.07) is 0. The standard InChI is InChI=1S/C27H44N4O3/c1-17(6-4-5-7-25(34)29-16-30-31-28)21-10-11-22-20-9-8-18-14-19(32)12-13-26(18,2)23(20)15-24(33)27(21,22)3/h5,7,17-24,32-33H,4,6,8-16H2,1-3H3,(H,29,34)/b7-5+. The summed E-state index contributed by atoms with van der Waals surface area (Å²) in [4.78, 5) is 14.4. The highest BCUT2D eigenvalue weighted by atomic mass is 16.3. The molecule has 7 heteroatoms. The first kappa shape index (κ1) is 25.5. The zero-order chi connectivity index (χ0) is 24.5. The molecule has 0 aromatic carbocycles. The fraction of sp³-hybridized carbons (Fsp3) is 0.889. The van der Waals surface area contributed by atoms with E-state index in [2.05, 4.69) is 36.1 Å². The number of carbonyl (C=O) groups excluding carboxylic acids is 1. The van der Waals surface area contributed by atoms with Gasteiger partial charge in [0.15, 0.2) is 0 Å². The summed E-state index contributed by atoms with van der Waals surface area (Å²) in [6.45, 7) is 7.15. The molecule has 0 bridgehead atoms. The summed E-state index contributed by atoms with van der Waals surface area (Å²) in [7, 11) is 0. The van der Waals surface area contributed by atoms with Crippen molar-refractivity contribution in [1.29, 1.82) is 0 Å². The molecule has 3 N–H and O–H groups in total. The van der Waals surface area contributed by atoms with Crippen molar-refractivity contribution < 1.29 is 15.0 Å². The van der Waals surface area contributed by atoms with Crippen molar-refractivity contribution in [3.05, 3.63) is 22.6 Å². The van der Waals surface area contributed by atoms with Crippen LogP contribution in [0.3, 0.4) is 0 Å². The highest BCUT2D eigenvalue weighted by Gasteiger charge is 2.63. The number of allylic oxidation sites excluding steroid dienone is 1. The van der Waals surface area contributed by atoms with Crippen LogP contribution in [0, 0.1) is 46.3 Å². The number of carbonyl (C=O) groups is 1. The van der Waals surface area contributed by atoms with Crippen molar-refractivity contribution in [1.82, 2.24) is 5.32 Å². The number of fused-ring (bicyclic) bond motifs is 5. The lowest BCUT2D eigenvalue weighted by atomic mass is 9.43. The molecule has 0 aromatic heterocycles. The van der Waals surface area contributed by atoms with Crippen molar-refractivity contribution in [2.75, 3.05) is 6.67 Å². The number of hydrogen-bond acceptors (Lipinski definition) is 4. The summed E-state index contributed by atoms with van der Waals surface area (Å²) < 4.78 is 0. The molecule has 7 nitrogen and oxygen atoms in total. The third-order valence-corrected chi connectivity index (χ3v) is 10.9. The van der Waals surface area contributed by atoms with Gasteiger partial charge >= 0.3 is 0 Å². The minimum absolute atomic E-state index is 0.0195. The molecule has 0 aromatic rings. The quantitative estimate of drug-likeness (QED) is 0.201. The molecule has 0 radical (unpaired) electrons. The molecule has 4 aliphatic rings. The molecule has 0 saturated heterocycles. The number of amides is 1.